The Morgan fingerprint density at radius 1 is 1.22 bits per heavy atom. The van der Waals surface area contributed by atoms with E-state index in [1.54, 1.807) is 38.6 Å². The van der Waals surface area contributed by atoms with E-state index in [2.05, 4.69) is 16.0 Å². The summed E-state index contributed by atoms with van der Waals surface area (Å²) in [4.78, 5) is 22.9. The highest BCUT2D eigenvalue weighted by atomic mass is 16.5. The quantitative estimate of drug-likeness (QED) is 0.767. The molecule has 1 fully saturated rings. The second-order valence-corrected chi connectivity index (χ2v) is 6.82. The Morgan fingerprint density at radius 3 is 2.89 bits per heavy atom. The second-order valence-electron chi connectivity index (χ2n) is 6.82. The molecule has 0 radical (unpaired) electrons. The normalized spacial score (nSPS) is 17.1. The highest BCUT2D eigenvalue weighted by molar-refractivity contribution is 5.97. The van der Waals surface area contributed by atoms with Crippen molar-refractivity contribution in [2.45, 2.75) is 18.8 Å². The van der Waals surface area contributed by atoms with Gasteiger partial charge in [-0.2, -0.15) is 0 Å². The number of rotatable bonds is 4. The number of carbonyl (C=O) groups excluding carboxylic acids is 1. The van der Waals surface area contributed by atoms with Crippen molar-refractivity contribution in [3.05, 3.63) is 53.9 Å². The summed E-state index contributed by atoms with van der Waals surface area (Å²) in [6.07, 6.45) is 3.81. The number of pyridine rings is 1. The average molecular weight is 365 g/mol. The molecule has 6 nitrogen and oxygen atoms in total. The van der Waals surface area contributed by atoms with Crippen molar-refractivity contribution >= 4 is 16.9 Å². The van der Waals surface area contributed by atoms with Crippen LogP contribution in [0.5, 0.6) is 11.5 Å². The van der Waals surface area contributed by atoms with E-state index in [4.69, 9.17) is 9.47 Å². The summed E-state index contributed by atoms with van der Waals surface area (Å²) in [5.41, 5.74) is 3.67. The molecule has 0 aliphatic carbocycles. The first-order valence-electron chi connectivity index (χ1n) is 9.14. The maximum atomic E-state index is 13.2. The molecule has 6 heteroatoms. The first kappa shape index (κ1) is 17.4. The number of ether oxygens (including phenoxy) is 2. The van der Waals surface area contributed by atoms with E-state index in [1.165, 1.54) is 0 Å². The zero-order valence-electron chi connectivity index (χ0n) is 15.6. The molecule has 1 aliphatic heterocycles. The smallest absolute Gasteiger partial charge is 0.257 e. The number of likely N-dealkylation sites (tertiary alicyclic amines) is 1. The van der Waals surface area contributed by atoms with Crippen molar-refractivity contribution in [2.24, 2.45) is 0 Å². The van der Waals surface area contributed by atoms with E-state index in [0.29, 0.717) is 23.6 Å². The minimum atomic E-state index is -0.0234. The third-order valence-electron chi connectivity index (χ3n) is 5.20. The summed E-state index contributed by atoms with van der Waals surface area (Å²) in [5.74, 6) is 1.46. The van der Waals surface area contributed by atoms with Crippen molar-refractivity contribution in [3.63, 3.8) is 0 Å². The summed E-state index contributed by atoms with van der Waals surface area (Å²) in [6, 6.07) is 11.4. The molecule has 1 aliphatic rings. The molecule has 2 aromatic heterocycles. The van der Waals surface area contributed by atoms with Gasteiger partial charge < -0.3 is 19.4 Å². The van der Waals surface area contributed by atoms with Crippen LogP contribution in [0.4, 0.5) is 0 Å². The van der Waals surface area contributed by atoms with Crippen molar-refractivity contribution in [2.75, 3.05) is 27.3 Å². The predicted octanol–water partition coefficient (Wildman–Crippen LogP) is 3.60. The first-order valence-corrected chi connectivity index (χ1v) is 9.14. The van der Waals surface area contributed by atoms with Crippen molar-refractivity contribution in [1.82, 2.24) is 14.9 Å². The Hall–Kier alpha value is -3.02. The highest BCUT2D eigenvalue weighted by Gasteiger charge is 2.28. The lowest BCUT2D eigenvalue weighted by atomic mass is 9.94. The zero-order chi connectivity index (χ0) is 18.8. The number of nitrogens with one attached hydrogen (secondary N) is 1. The second kappa shape index (κ2) is 7.31. The molecule has 1 amide bonds. The Kier molecular flexibility index (Phi) is 4.71. The topological polar surface area (TPSA) is 67.5 Å². The van der Waals surface area contributed by atoms with Gasteiger partial charge in [-0.05, 0) is 49.2 Å². The van der Waals surface area contributed by atoms with Gasteiger partial charge in [0.05, 0.1) is 30.8 Å². The molecular weight excluding hydrogens is 342 g/mol. The van der Waals surface area contributed by atoms with Gasteiger partial charge >= 0.3 is 0 Å². The molecule has 1 atom stereocenters. The molecule has 1 saturated heterocycles. The highest BCUT2D eigenvalue weighted by Crippen LogP contribution is 2.31. The summed E-state index contributed by atoms with van der Waals surface area (Å²) >= 11 is 0. The van der Waals surface area contributed by atoms with E-state index < -0.39 is 0 Å². The summed E-state index contributed by atoms with van der Waals surface area (Å²) in [7, 11) is 3.17. The third kappa shape index (κ3) is 3.35. The number of amides is 1. The van der Waals surface area contributed by atoms with Gasteiger partial charge in [0.2, 0.25) is 0 Å². The summed E-state index contributed by atoms with van der Waals surface area (Å²) in [6.45, 7) is 1.42. The van der Waals surface area contributed by atoms with Crippen LogP contribution in [0.25, 0.3) is 11.0 Å². The number of aromatic nitrogens is 2. The molecule has 0 saturated carbocycles. The van der Waals surface area contributed by atoms with E-state index in [0.717, 1.165) is 36.1 Å². The standard InChI is InChI=1S/C21H23N3O3/c1-26-15-7-8-20(27-2)16(11-15)21(25)24-10-4-5-14(13-24)18-12-19-17(23-18)6-3-9-22-19/h3,6-9,11-12,14,23H,4-5,10,13H2,1-2H3/t14-/m0/s1. The molecule has 1 N–H and O–H groups in total. The van der Waals surface area contributed by atoms with Gasteiger partial charge in [-0.1, -0.05) is 0 Å². The Labute approximate surface area is 158 Å². The largest absolute Gasteiger partial charge is 0.497 e. The van der Waals surface area contributed by atoms with Gasteiger partial charge in [-0.15, -0.1) is 0 Å². The number of nitrogens with zero attached hydrogens (tertiary/aromatic N) is 2. The maximum absolute atomic E-state index is 13.2. The molecule has 0 unspecified atom stereocenters. The van der Waals surface area contributed by atoms with E-state index in [-0.39, 0.29) is 11.8 Å². The molecule has 3 aromatic rings. The van der Waals surface area contributed by atoms with Crippen LogP contribution < -0.4 is 9.47 Å². The van der Waals surface area contributed by atoms with Gasteiger partial charge in [-0.25, -0.2) is 0 Å². The zero-order valence-corrected chi connectivity index (χ0v) is 15.6. The van der Waals surface area contributed by atoms with Crippen LogP contribution in [0, 0.1) is 0 Å². The predicted molar refractivity (Wildman–Crippen MR) is 104 cm³/mol. The monoisotopic (exact) mass is 365 g/mol. The molecule has 27 heavy (non-hydrogen) atoms. The van der Waals surface area contributed by atoms with Gasteiger partial charge in [0.15, 0.2) is 0 Å². The molecule has 3 heterocycles. The fraction of sp³-hybridized carbons (Fsp3) is 0.333. The van der Waals surface area contributed by atoms with E-state index in [9.17, 15) is 4.79 Å². The number of H-pyrrole nitrogens is 1. The lowest BCUT2D eigenvalue weighted by molar-refractivity contribution is 0.0702. The fourth-order valence-electron chi connectivity index (χ4n) is 3.76. The molecular formula is C21H23N3O3. The van der Waals surface area contributed by atoms with E-state index in [1.807, 2.05) is 17.0 Å². The van der Waals surface area contributed by atoms with Crippen molar-refractivity contribution in [1.29, 1.82) is 0 Å². The number of aromatic amines is 1. The number of hydrogen-bond acceptors (Lipinski definition) is 4. The summed E-state index contributed by atoms with van der Waals surface area (Å²) < 4.78 is 10.7. The van der Waals surface area contributed by atoms with Crippen molar-refractivity contribution in [3.8, 4) is 11.5 Å². The fourth-order valence-corrected chi connectivity index (χ4v) is 3.76. The van der Waals surface area contributed by atoms with E-state index >= 15 is 0 Å². The van der Waals surface area contributed by atoms with Crippen LogP contribution in [0.2, 0.25) is 0 Å². The Balaban J connectivity index is 1.58. The van der Waals surface area contributed by atoms with Gasteiger partial charge in [-0.3, -0.25) is 9.78 Å². The van der Waals surface area contributed by atoms with Crippen LogP contribution >= 0.6 is 0 Å². The third-order valence-corrected chi connectivity index (χ3v) is 5.20. The van der Waals surface area contributed by atoms with Gasteiger partial charge in [0.25, 0.3) is 5.91 Å². The van der Waals surface area contributed by atoms with Gasteiger partial charge in [0, 0.05) is 30.9 Å². The lowest BCUT2D eigenvalue weighted by Gasteiger charge is -2.32. The Bertz CT molecular complexity index is 933. The maximum Gasteiger partial charge on any atom is 0.257 e. The number of fused-ring (bicyclic) bond motifs is 1. The minimum Gasteiger partial charge on any atom is -0.497 e. The molecule has 1 aromatic carbocycles. The lowest BCUT2D eigenvalue weighted by Crippen LogP contribution is -2.39. The molecule has 4 rings (SSSR count). The average Bonchev–Trinajstić information content (AvgIpc) is 3.17. The van der Waals surface area contributed by atoms with Crippen LogP contribution in [-0.2, 0) is 0 Å². The number of carbonyl (C=O) groups is 1. The summed E-state index contributed by atoms with van der Waals surface area (Å²) in [5, 5.41) is 0. The Morgan fingerprint density at radius 2 is 2.11 bits per heavy atom. The number of piperidine rings is 1. The number of hydrogen-bond donors (Lipinski definition) is 1. The SMILES string of the molecule is COc1ccc(OC)c(C(=O)N2CCC[C@H](c3cc4ncccc4[nH]3)C2)c1. The van der Waals surface area contributed by atoms with Crippen LogP contribution in [0.1, 0.15) is 34.8 Å². The molecule has 140 valence electrons. The van der Waals surface area contributed by atoms with Crippen molar-refractivity contribution < 1.29 is 14.3 Å². The van der Waals surface area contributed by atoms with Gasteiger partial charge in [0.1, 0.15) is 11.5 Å². The molecule has 0 bridgehead atoms. The van der Waals surface area contributed by atoms with Crippen LogP contribution in [-0.4, -0.2) is 48.1 Å². The van der Waals surface area contributed by atoms with Crippen LogP contribution in [0.15, 0.2) is 42.6 Å². The number of methoxy groups -OCH3 is 2. The van der Waals surface area contributed by atoms with Crippen LogP contribution in [0.3, 0.4) is 0 Å². The number of benzene rings is 1. The molecule has 0 spiro atoms. The first-order chi connectivity index (χ1) is 13.2. The minimum absolute atomic E-state index is 0.0234.